The molecule has 0 amide bonds. The Labute approximate surface area is 164 Å². The first-order chi connectivity index (χ1) is 12.0. The van der Waals surface area contributed by atoms with Crippen LogP contribution in [0.25, 0.3) is 11.3 Å². The van der Waals surface area contributed by atoms with Crippen LogP contribution < -0.4 is 5.32 Å². The number of aromatic nitrogens is 1. The van der Waals surface area contributed by atoms with Crippen molar-refractivity contribution in [3.8, 4) is 11.3 Å². The van der Waals surface area contributed by atoms with Crippen molar-refractivity contribution >= 4 is 50.7 Å². The fourth-order valence-corrected chi connectivity index (χ4v) is 3.80. The van der Waals surface area contributed by atoms with Gasteiger partial charge in [0.1, 0.15) is 0 Å². The van der Waals surface area contributed by atoms with E-state index in [0.717, 1.165) is 31.8 Å². The van der Waals surface area contributed by atoms with Crippen molar-refractivity contribution in [2.45, 2.75) is 19.8 Å². The fourth-order valence-electron chi connectivity index (χ4n) is 2.44. The zero-order valence-electron chi connectivity index (χ0n) is 13.6. The first-order valence-corrected chi connectivity index (χ1v) is 9.78. The number of benzene rings is 2. The van der Waals surface area contributed by atoms with E-state index in [-0.39, 0.29) is 6.42 Å². The number of thiazole rings is 1. The van der Waals surface area contributed by atoms with E-state index in [9.17, 15) is 9.90 Å². The first kappa shape index (κ1) is 17.9. The first-order valence-electron chi connectivity index (χ1n) is 7.88. The monoisotopic (exact) mass is 464 g/mol. The summed E-state index contributed by atoms with van der Waals surface area (Å²) in [6, 6.07) is 16.1. The third-order valence-electron chi connectivity index (χ3n) is 3.74. The Hall–Kier alpha value is -1.93. The van der Waals surface area contributed by atoms with Crippen LogP contribution in [0.5, 0.6) is 0 Å². The number of aryl methyl sites for hydroxylation is 1. The topological polar surface area (TPSA) is 62.2 Å². The molecule has 0 aliphatic heterocycles. The molecule has 0 spiro atoms. The summed E-state index contributed by atoms with van der Waals surface area (Å²) in [5.41, 5.74) is 3.86. The number of nitrogens with one attached hydrogen (secondary N) is 1. The lowest BCUT2D eigenvalue weighted by atomic mass is 10.1. The molecular weight excluding hydrogens is 447 g/mol. The molecule has 0 radical (unpaired) electrons. The number of carboxylic acid groups (broad SMARTS) is 1. The molecule has 0 aliphatic carbocycles. The molecule has 6 heteroatoms. The molecule has 25 heavy (non-hydrogen) atoms. The maximum absolute atomic E-state index is 11.2. The minimum Gasteiger partial charge on any atom is -0.481 e. The molecule has 1 heterocycles. The lowest BCUT2D eigenvalue weighted by molar-refractivity contribution is -0.136. The zero-order chi connectivity index (χ0) is 17.8. The van der Waals surface area contributed by atoms with Crippen LogP contribution >= 0.6 is 33.9 Å². The van der Waals surface area contributed by atoms with Crippen LogP contribution in [-0.4, -0.2) is 16.1 Å². The van der Waals surface area contributed by atoms with E-state index in [4.69, 9.17) is 0 Å². The maximum Gasteiger partial charge on any atom is 0.308 e. The molecule has 0 saturated heterocycles. The Morgan fingerprint density at radius 1 is 1.16 bits per heavy atom. The number of aliphatic carboxylic acids is 1. The summed E-state index contributed by atoms with van der Waals surface area (Å²) >= 11 is 3.64. The highest BCUT2D eigenvalue weighted by Gasteiger charge is 2.16. The van der Waals surface area contributed by atoms with Crippen LogP contribution in [0.1, 0.15) is 17.4 Å². The molecular formula is C19H17IN2O2S. The molecule has 4 nitrogen and oxygen atoms in total. The Morgan fingerprint density at radius 3 is 2.44 bits per heavy atom. The van der Waals surface area contributed by atoms with Gasteiger partial charge in [-0.05, 0) is 58.8 Å². The fraction of sp³-hybridized carbons (Fsp3) is 0.158. The number of carboxylic acids is 1. The minimum absolute atomic E-state index is 0.0309. The second-order valence-corrected chi connectivity index (χ2v) is 7.87. The van der Waals surface area contributed by atoms with Crippen molar-refractivity contribution < 1.29 is 9.90 Å². The van der Waals surface area contributed by atoms with Crippen molar-refractivity contribution in [2.75, 3.05) is 5.32 Å². The molecule has 3 aromatic rings. The number of anilines is 2. The molecule has 0 saturated carbocycles. The quantitative estimate of drug-likeness (QED) is 0.483. The Bertz CT molecular complexity index is 873. The van der Waals surface area contributed by atoms with Gasteiger partial charge >= 0.3 is 5.97 Å². The van der Waals surface area contributed by atoms with E-state index in [1.807, 2.05) is 36.4 Å². The molecule has 2 aromatic carbocycles. The van der Waals surface area contributed by atoms with Gasteiger partial charge in [-0.15, -0.1) is 11.3 Å². The van der Waals surface area contributed by atoms with E-state index in [0.29, 0.717) is 5.13 Å². The third kappa shape index (κ3) is 4.58. The maximum atomic E-state index is 11.2. The van der Waals surface area contributed by atoms with Crippen molar-refractivity contribution in [3.63, 3.8) is 0 Å². The molecule has 0 unspecified atom stereocenters. The van der Waals surface area contributed by atoms with Crippen LogP contribution in [0, 0.1) is 3.57 Å². The van der Waals surface area contributed by atoms with Gasteiger partial charge < -0.3 is 10.4 Å². The van der Waals surface area contributed by atoms with Gasteiger partial charge in [-0.25, -0.2) is 4.98 Å². The van der Waals surface area contributed by atoms with Crippen LogP contribution in [0.15, 0.2) is 48.5 Å². The van der Waals surface area contributed by atoms with E-state index in [1.54, 1.807) is 0 Å². The number of hydrogen-bond acceptors (Lipinski definition) is 4. The summed E-state index contributed by atoms with van der Waals surface area (Å²) in [5.74, 6) is -0.851. The van der Waals surface area contributed by atoms with Crippen LogP contribution in [0.3, 0.4) is 0 Å². The number of hydrogen-bond donors (Lipinski definition) is 2. The standard InChI is InChI=1S/C19H17IN2O2S/c1-2-12-3-5-13(6-4-12)18-16(11-17(23)24)25-19(22-18)21-15-9-7-14(20)8-10-15/h3-10H,2,11H2,1H3,(H,21,22)(H,23,24). The average Bonchev–Trinajstić information content (AvgIpc) is 2.98. The van der Waals surface area contributed by atoms with Crippen LogP contribution in [0.4, 0.5) is 10.8 Å². The van der Waals surface area contributed by atoms with Gasteiger partial charge in [-0.1, -0.05) is 31.2 Å². The van der Waals surface area contributed by atoms with Crippen LogP contribution in [-0.2, 0) is 17.6 Å². The lowest BCUT2D eigenvalue weighted by Crippen LogP contribution is -1.99. The summed E-state index contributed by atoms with van der Waals surface area (Å²) in [6.07, 6.45) is 0.940. The Balaban J connectivity index is 1.93. The van der Waals surface area contributed by atoms with Crippen molar-refractivity contribution in [2.24, 2.45) is 0 Å². The molecule has 0 aliphatic rings. The van der Waals surface area contributed by atoms with E-state index >= 15 is 0 Å². The molecule has 2 N–H and O–H groups in total. The molecule has 1 aromatic heterocycles. The second-order valence-electron chi connectivity index (χ2n) is 5.54. The normalized spacial score (nSPS) is 10.6. The smallest absolute Gasteiger partial charge is 0.308 e. The molecule has 0 fully saturated rings. The van der Waals surface area contributed by atoms with Crippen molar-refractivity contribution in [1.29, 1.82) is 0 Å². The number of carbonyl (C=O) groups is 1. The molecule has 3 rings (SSSR count). The Morgan fingerprint density at radius 2 is 1.84 bits per heavy atom. The van der Waals surface area contributed by atoms with Gasteiger partial charge in [0.25, 0.3) is 0 Å². The summed E-state index contributed by atoms with van der Waals surface area (Å²) < 4.78 is 1.16. The Kier molecular flexibility index (Phi) is 5.70. The van der Waals surface area contributed by atoms with E-state index < -0.39 is 5.97 Å². The van der Waals surface area contributed by atoms with E-state index in [1.165, 1.54) is 16.9 Å². The van der Waals surface area contributed by atoms with Gasteiger partial charge in [0.2, 0.25) is 0 Å². The third-order valence-corrected chi connectivity index (χ3v) is 5.43. The highest BCUT2D eigenvalue weighted by atomic mass is 127. The molecule has 0 bridgehead atoms. The highest BCUT2D eigenvalue weighted by molar-refractivity contribution is 14.1. The van der Waals surface area contributed by atoms with Gasteiger partial charge in [0.15, 0.2) is 5.13 Å². The second kappa shape index (κ2) is 7.97. The average molecular weight is 464 g/mol. The van der Waals surface area contributed by atoms with Crippen LogP contribution in [0.2, 0.25) is 0 Å². The number of halogens is 1. The summed E-state index contributed by atoms with van der Waals surface area (Å²) in [7, 11) is 0. The lowest BCUT2D eigenvalue weighted by Gasteiger charge is -2.03. The highest BCUT2D eigenvalue weighted by Crippen LogP contribution is 2.33. The predicted molar refractivity (Wildman–Crippen MR) is 111 cm³/mol. The summed E-state index contributed by atoms with van der Waals surface area (Å²) in [6.45, 7) is 2.11. The van der Waals surface area contributed by atoms with E-state index in [2.05, 4.69) is 51.9 Å². The molecule has 128 valence electrons. The van der Waals surface area contributed by atoms with Gasteiger partial charge in [0.05, 0.1) is 12.1 Å². The SMILES string of the molecule is CCc1ccc(-c2nc(Nc3ccc(I)cc3)sc2CC(=O)O)cc1. The largest absolute Gasteiger partial charge is 0.481 e. The molecule has 0 atom stereocenters. The number of nitrogens with zero attached hydrogens (tertiary/aromatic N) is 1. The zero-order valence-corrected chi connectivity index (χ0v) is 16.6. The van der Waals surface area contributed by atoms with Gasteiger partial charge in [0, 0.05) is 19.7 Å². The summed E-state index contributed by atoms with van der Waals surface area (Å²) in [5, 5.41) is 13.2. The van der Waals surface area contributed by atoms with Gasteiger partial charge in [-0.3, -0.25) is 4.79 Å². The summed E-state index contributed by atoms with van der Waals surface area (Å²) in [4.78, 5) is 16.6. The predicted octanol–water partition coefficient (Wildman–Crippen LogP) is 5.35. The minimum atomic E-state index is -0.851. The van der Waals surface area contributed by atoms with Crippen molar-refractivity contribution in [1.82, 2.24) is 4.98 Å². The number of rotatable bonds is 6. The van der Waals surface area contributed by atoms with Gasteiger partial charge in [-0.2, -0.15) is 0 Å². The van der Waals surface area contributed by atoms with Crippen molar-refractivity contribution in [3.05, 3.63) is 62.5 Å².